The molecule has 17 heavy (non-hydrogen) atoms. The molecule has 1 fully saturated rings. The molecule has 1 heteroatoms. The van der Waals surface area contributed by atoms with E-state index < -0.39 is 0 Å². The molecule has 1 saturated carbocycles. The molecule has 0 saturated heterocycles. The van der Waals surface area contributed by atoms with E-state index in [4.69, 9.17) is 0 Å². The first kappa shape index (κ1) is 12.2. The lowest BCUT2D eigenvalue weighted by molar-refractivity contribution is 0.501. The Kier molecular flexibility index (Phi) is 3.84. The zero-order valence-corrected chi connectivity index (χ0v) is 10.8. The smallest absolute Gasteiger partial charge is 0.0740 e. The van der Waals surface area contributed by atoms with Gasteiger partial charge in [-0.1, -0.05) is 51.0 Å². The van der Waals surface area contributed by atoms with Crippen molar-refractivity contribution in [3.05, 3.63) is 35.4 Å². The van der Waals surface area contributed by atoms with Crippen LogP contribution in [0, 0.1) is 17.2 Å². The normalized spacial score (nSPS) is 18.2. The van der Waals surface area contributed by atoms with Crippen molar-refractivity contribution in [3.8, 4) is 6.07 Å². The highest BCUT2D eigenvalue weighted by Gasteiger charge is 2.26. The highest BCUT2D eigenvalue weighted by molar-refractivity contribution is 5.31. The number of nitrogens with zero attached hydrogens (tertiary/aromatic N) is 1. The minimum Gasteiger partial charge on any atom is -0.198 e. The highest BCUT2D eigenvalue weighted by atomic mass is 14.3. The second-order valence-electron chi connectivity index (χ2n) is 5.47. The molecular weight excluding hydrogens is 206 g/mol. The van der Waals surface area contributed by atoms with Gasteiger partial charge < -0.3 is 0 Å². The van der Waals surface area contributed by atoms with E-state index >= 15 is 0 Å². The summed E-state index contributed by atoms with van der Waals surface area (Å²) < 4.78 is 0. The molecule has 2 rings (SSSR count). The Balaban J connectivity index is 2.17. The molecule has 0 bridgehead atoms. The van der Waals surface area contributed by atoms with Crippen LogP contribution in [0.1, 0.15) is 62.5 Å². The minimum absolute atomic E-state index is 0.110. The van der Waals surface area contributed by atoms with Crippen molar-refractivity contribution < 1.29 is 0 Å². The van der Waals surface area contributed by atoms with Crippen molar-refractivity contribution >= 4 is 0 Å². The monoisotopic (exact) mass is 227 g/mol. The van der Waals surface area contributed by atoms with Crippen molar-refractivity contribution in [1.82, 2.24) is 0 Å². The van der Waals surface area contributed by atoms with Crippen LogP contribution in [0.3, 0.4) is 0 Å². The predicted octanol–water partition coefficient (Wildman–Crippen LogP) is 4.61. The molecule has 1 aromatic rings. The van der Waals surface area contributed by atoms with Crippen molar-refractivity contribution in [2.75, 3.05) is 0 Å². The minimum atomic E-state index is 0.110. The average Bonchev–Trinajstić information content (AvgIpc) is 2.84. The SMILES string of the molecule is CC(C)c1ccc(C(C#N)C2CCCC2)cc1. The van der Waals surface area contributed by atoms with E-state index in [2.05, 4.69) is 44.2 Å². The standard InChI is InChI=1S/C16H21N/c1-12(2)13-7-9-15(10-8-13)16(11-17)14-5-3-4-6-14/h7-10,12,14,16H,3-6H2,1-2H3. The van der Waals surface area contributed by atoms with Crippen molar-refractivity contribution in [3.63, 3.8) is 0 Å². The summed E-state index contributed by atoms with van der Waals surface area (Å²) in [7, 11) is 0. The lowest BCUT2D eigenvalue weighted by atomic mass is 9.85. The highest BCUT2D eigenvalue weighted by Crippen LogP contribution is 2.37. The molecule has 0 spiro atoms. The maximum Gasteiger partial charge on any atom is 0.0740 e. The summed E-state index contributed by atoms with van der Waals surface area (Å²) in [6, 6.07) is 11.2. The van der Waals surface area contributed by atoms with Gasteiger partial charge in [-0.2, -0.15) is 5.26 Å². The molecule has 1 nitrogen and oxygen atoms in total. The third-order valence-corrected chi connectivity index (χ3v) is 3.97. The molecule has 1 aliphatic rings. The fourth-order valence-electron chi connectivity index (χ4n) is 2.83. The summed E-state index contributed by atoms with van der Waals surface area (Å²) in [4.78, 5) is 0. The van der Waals surface area contributed by atoms with E-state index in [1.54, 1.807) is 0 Å². The number of rotatable bonds is 3. The second kappa shape index (κ2) is 5.36. The van der Waals surface area contributed by atoms with Gasteiger partial charge in [0.25, 0.3) is 0 Å². The van der Waals surface area contributed by atoms with E-state index in [-0.39, 0.29) is 5.92 Å². The van der Waals surface area contributed by atoms with Crippen LogP contribution in [0.2, 0.25) is 0 Å². The molecule has 0 heterocycles. The number of benzene rings is 1. The molecule has 0 amide bonds. The van der Waals surface area contributed by atoms with Gasteiger partial charge in [-0.15, -0.1) is 0 Å². The molecule has 1 aliphatic carbocycles. The van der Waals surface area contributed by atoms with Crippen LogP contribution in [0.25, 0.3) is 0 Å². The Bertz CT molecular complexity index is 391. The van der Waals surface area contributed by atoms with Gasteiger partial charge in [0, 0.05) is 0 Å². The van der Waals surface area contributed by atoms with Gasteiger partial charge in [0.2, 0.25) is 0 Å². The van der Waals surface area contributed by atoms with E-state index in [1.807, 2.05) is 0 Å². The van der Waals surface area contributed by atoms with E-state index in [0.717, 1.165) is 0 Å². The van der Waals surface area contributed by atoms with Crippen LogP contribution in [-0.2, 0) is 0 Å². The quantitative estimate of drug-likeness (QED) is 0.740. The molecule has 1 unspecified atom stereocenters. The predicted molar refractivity (Wildman–Crippen MR) is 70.8 cm³/mol. The topological polar surface area (TPSA) is 23.8 Å². The molecule has 0 radical (unpaired) electrons. The van der Waals surface area contributed by atoms with Crippen LogP contribution in [0.4, 0.5) is 0 Å². The van der Waals surface area contributed by atoms with Gasteiger partial charge in [-0.25, -0.2) is 0 Å². The summed E-state index contributed by atoms with van der Waals surface area (Å²) in [6.45, 7) is 4.40. The van der Waals surface area contributed by atoms with Crippen molar-refractivity contribution in [1.29, 1.82) is 5.26 Å². The summed E-state index contributed by atoms with van der Waals surface area (Å²) in [5.41, 5.74) is 2.57. The zero-order valence-electron chi connectivity index (χ0n) is 10.8. The number of hydrogen-bond donors (Lipinski definition) is 0. The summed E-state index contributed by atoms with van der Waals surface area (Å²) in [5, 5.41) is 9.37. The fraction of sp³-hybridized carbons (Fsp3) is 0.562. The molecule has 1 atom stereocenters. The van der Waals surface area contributed by atoms with Crippen LogP contribution in [0.15, 0.2) is 24.3 Å². The Morgan fingerprint density at radius 2 is 1.59 bits per heavy atom. The van der Waals surface area contributed by atoms with Crippen LogP contribution < -0.4 is 0 Å². The second-order valence-corrected chi connectivity index (χ2v) is 5.47. The van der Waals surface area contributed by atoms with E-state index in [0.29, 0.717) is 11.8 Å². The third kappa shape index (κ3) is 2.69. The van der Waals surface area contributed by atoms with E-state index in [9.17, 15) is 5.26 Å². The summed E-state index contributed by atoms with van der Waals surface area (Å²) in [5.74, 6) is 1.26. The van der Waals surface area contributed by atoms with Gasteiger partial charge in [0.05, 0.1) is 12.0 Å². The van der Waals surface area contributed by atoms with Gasteiger partial charge in [-0.3, -0.25) is 0 Å². The fourth-order valence-corrected chi connectivity index (χ4v) is 2.83. The van der Waals surface area contributed by atoms with E-state index in [1.165, 1.54) is 36.8 Å². The number of nitriles is 1. The summed E-state index contributed by atoms with van der Waals surface area (Å²) >= 11 is 0. The van der Waals surface area contributed by atoms with Crippen LogP contribution >= 0.6 is 0 Å². The molecular formula is C16H21N. The molecule has 0 N–H and O–H groups in total. The van der Waals surface area contributed by atoms with Crippen molar-refractivity contribution in [2.45, 2.75) is 51.4 Å². The van der Waals surface area contributed by atoms with Crippen LogP contribution in [0.5, 0.6) is 0 Å². The van der Waals surface area contributed by atoms with Gasteiger partial charge in [-0.05, 0) is 35.8 Å². The summed E-state index contributed by atoms with van der Waals surface area (Å²) in [6.07, 6.45) is 5.05. The maximum absolute atomic E-state index is 9.37. The Labute approximate surface area is 104 Å². The largest absolute Gasteiger partial charge is 0.198 e. The molecule has 1 aromatic carbocycles. The third-order valence-electron chi connectivity index (χ3n) is 3.97. The Morgan fingerprint density at radius 1 is 1.06 bits per heavy atom. The molecule has 0 aromatic heterocycles. The first-order valence-corrected chi connectivity index (χ1v) is 6.72. The van der Waals surface area contributed by atoms with Crippen molar-refractivity contribution in [2.24, 2.45) is 5.92 Å². The Hall–Kier alpha value is -1.29. The van der Waals surface area contributed by atoms with Gasteiger partial charge in [0.1, 0.15) is 0 Å². The lowest BCUT2D eigenvalue weighted by Crippen LogP contribution is -2.07. The van der Waals surface area contributed by atoms with Crippen LogP contribution in [-0.4, -0.2) is 0 Å². The molecule has 90 valence electrons. The van der Waals surface area contributed by atoms with Gasteiger partial charge >= 0.3 is 0 Å². The molecule has 0 aliphatic heterocycles. The lowest BCUT2D eigenvalue weighted by Gasteiger charge is -2.17. The zero-order chi connectivity index (χ0) is 12.3. The van der Waals surface area contributed by atoms with Gasteiger partial charge in [0.15, 0.2) is 0 Å². The average molecular weight is 227 g/mol. The Morgan fingerprint density at radius 3 is 2.06 bits per heavy atom. The number of hydrogen-bond acceptors (Lipinski definition) is 1. The maximum atomic E-state index is 9.37. The first-order valence-electron chi connectivity index (χ1n) is 6.72. The first-order chi connectivity index (χ1) is 8.22.